The Bertz CT molecular complexity index is 829. The number of para-hydroxylation sites is 1. The van der Waals surface area contributed by atoms with Gasteiger partial charge in [-0.3, -0.25) is 4.79 Å². The quantitative estimate of drug-likeness (QED) is 0.864. The van der Waals surface area contributed by atoms with E-state index in [4.69, 9.17) is 19.5 Å². The van der Waals surface area contributed by atoms with Crippen LogP contribution in [0, 0.1) is 11.3 Å². The fraction of sp³-hybridized carbons (Fsp3) is 0.300. The van der Waals surface area contributed by atoms with E-state index < -0.39 is 0 Å². The minimum Gasteiger partial charge on any atom is -0.493 e. The van der Waals surface area contributed by atoms with Crippen molar-refractivity contribution in [2.24, 2.45) is 0 Å². The molecule has 1 aliphatic rings. The van der Waals surface area contributed by atoms with Crippen LogP contribution < -0.4 is 19.5 Å². The summed E-state index contributed by atoms with van der Waals surface area (Å²) in [5.41, 5.74) is 1.45. The van der Waals surface area contributed by atoms with Gasteiger partial charge in [0.05, 0.1) is 30.9 Å². The van der Waals surface area contributed by atoms with Crippen LogP contribution in [0.3, 0.4) is 0 Å². The molecular formula is C20H20N2O4. The number of ether oxygens (including phenoxy) is 3. The molecule has 3 rings (SSSR count). The topological polar surface area (TPSA) is 80.6 Å². The number of nitriles is 1. The molecule has 1 unspecified atom stereocenters. The minimum absolute atomic E-state index is 0.0941. The van der Waals surface area contributed by atoms with Crippen LogP contribution in [-0.2, 0) is 4.79 Å². The normalized spacial score (nSPS) is 15.2. The van der Waals surface area contributed by atoms with Crippen molar-refractivity contribution in [1.29, 1.82) is 5.26 Å². The van der Waals surface area contributed by atoms with E-state index in [9.17, 15) is 4.79 Å². The van der Waals surface area contributed by atoms with Gasteiger partial charge in [-0.2, -0.15) is 5.26 Å². The number of carbonyl (C=O) groups is 1. The number of nitrogens with one attached hydrogen (secondary N) is 1. The van der Waals surface area contributed by atoms with E-state index in [1.165, 1.54) is 0 Å². The first-order chi connectivity index (χ1) is 12.7. The van der Waals surface area contributed by atoms with Crippen LogP contribution in [-0.4, -0.2) is 25.7 Å². The summed E-state index contributed by atoms with van der Waals surface area (Å²) in [5.74, 6) is 1.47. The zero-order chi connectivity index (χ0) is 18.4. The lowest BCUT2D eigenvalue weighted by Crippen LogP contribution is -2.35. The zero-order valence-electron chi connectivity index (χ0n) is 14.5. The van der Waals surface area contributed by atoms with E-state index in [0.29, 0.717) is 36.7 Å². The summed E-state index contributed by atoms with van der Waals surface area (Å²) in [7, 11) is 0. The van der Waals surface area contributed by atoms with Gasteiger partial charge in [0.25, 0.3) is 5.91 Å². The lowest BCUT2D eigenvalue weighted by molar-refractivity contribution is -0.124. The Morgan fingerprint density at radius 2 is 2.12 bits per heavy atom. The highest BCUT2D eigenvalue weighted by atomic mass is 16.5. The molecule has 6 heteroatoms. The average molecular weight is 352 g/mol. The van der Waals surface area contributed by atoms with Crippen LogP contribution in [0.1, 0.15) is 30.5 Å². The maximum Gasteiger partial charge on any atom is 0.258 e. The molecule has 1 N–H and O–H groups in total. The highest BCUT2D eigenvalue weighted by Crippen LogP contribution is 2.32. The highest BCUT2D eigenvalue weighted by Gasteiger charge is 2.22. The smallest absolute Gasteiger partial charge is 0.258 e. The van der Waals surface area contributed by atoms with Gasteiger partial charge in [-0.15, -0.1) is 0 Å². The number of amides is 1. The molecule has 0 spiro atoms. The number of hydrogen-bond acceptors (Lipinski definition) is 5. The predicted octanol–water partition coefficient (Wildman–Crippen LogP) is 2.98. The van der Waals surface area contributed by atoms with Gasteiger partial charge in [0.1, 0.15) is 5.75 Å². The van der Waals surface area contributed by atoms with Crippen molar-refractivity contribution in [3.8, 4) is 23.3 Å². The number of carbonyl (C=O) groups excluding carboxylic acids is 1. The van der Waals surface area contributed by atoms with Crippen LogP contribution in [0.2, 0.25) is 0 Å². The fourth-order valence-corrected chi connectivity index (χ4v) is 2.84. The first-order valence-electron chi connectivity index (χ1n) is 8.52. The van der Waals surface area contributed by atoms with Gasteiger partial charge in [0.2, 0.25) is 0 Å². The second kappa shape index (κ2) is 8.26. The Kier molecular flexibility index (Phi) is 5.59. The molecule has 0 bridgehead atoms. The molecule has 0 fully saturated rings. The lowest BCUT2D eigenvalue weighted by atomic mass is 10.0. The van der Waals surface area contributed by atoms with Crippen LogP contribution in [0.15, 0.2) is 42.5 Å². The zero-order valence-corrected chi connectivity index (χ0v) is 14.5. The molecule has 0 aliphatic carbocycles. The van der Waals surface area contributed by atoms with Crippen LogP contribution in [0.25, 0.3) is 0 Å². The van der Waals surface area contributed by atoms with E-state index in [2.05, 4.69) is 11.4 Å². The standard InChI is InChI=1S/C20H20N2O4/c1-2-24-19-11-14(12-21)7-8-18(19)26-13-20(23)22-16-9-10-25-17-6-4-3-5-15(16)17/h3-8,11,16H,2,9-10,13H2,1H3,(H,22,23). The molecule has 2 aromatic carbocycles. The molecule has 0 aromatic heterocycles. The molecule has 6 nitrogen and oxygen atoms in total. The minimum atomic E-state index is -0.224. The molecule has 1 aliphatic heterocycles. The summed E-state index contributed by atoms with van der Waals surface area (Å²) in [5, 5.41) is 12.0. The van der Waals surface area contributed by atoms with Gasteiger partial charge >= 0.3 is 0 Å². The van der Waals surface area contributed by atoms with E-state index in [-0.39, 0.29) is 18.6 Å². The molecule has 134 valence electrons. The largest absolute Gasteiger partial charge is 0.493 e. The Hall–Kier alpha value is -3.20. The SMILES string of the molecule is CCOc1cc(C#N)ccc1OCC(=O)NC1CCOc2ccccc21. The Morgan fingerprint density at radius 3 is 2.92 bits per heavy atom. The van der Waals surface area contributed by atoms with Crippen molar-refractivity contribution in [2.45, 2.75) is 19.4 Å². The molecule has 1 heterocycles. The summed E-state index contributed by atoms with van der Waals surface area (Å²) in [4.78, 5) is 12.3. The van der Waals surface area contributed by atoms with Crippen LogP contribution in [0.4, 0.5) is 0 Å². The third kappa shape index (κ3) is 4.06. The van der Waals surface area contributed by atoms with Gasteiger partial charge < -0.3 is 19.5 Å². The van der Waals surface area contributed by atoms with Crippen molar-refractivity contribution in [1.82, 2.24) is 5.32 Å². The van der Waals surface area contributed by atoms with Gasteiger partial charge in [0.15, 0.2) is 18.1 Å². The summed E-state index contributed by atoms with van der Waals surface area (Å²) < 4.78 is 16.7. The van der Waals surface area contributed by atoms with E-state index >= 15 is 0 Å². The number of rotatable bonds is 6. The van der Waals surface area contributed by atoms with Crippen LogP contribution in [0.5, 0.6) is 17.2 Å². The van der Waals surface area contributed by atoms with E-state index in [1.807, 2.05) is 31.2 Å². The lowest BCUT2D eigenvalue weighted by Gasteiger charge is -2.26. The van der Waals surface area contributed by atoms with Crippen molar-refractivity contribution in [3.05, 3.63) is 53.6 Å². The summed E-state index contributed by atoms with van der Waals surface area (Å²) in [6.07, 6.45) is 0.712. The Balaban J connectivity index is 1.63. The van der Waals surface area contributed by atoms with Crippen molar-refractivity contribution >= 4 is 5.91 Å². The molecular weight excluding hydrogens is 332 g/mol. The van der Waals surface area contributed by atoms with E-state index in [1.54, 1.807) is 18.2 Å². The maximum atomic E-state index is 12.3. The van der Waals surface area contributed by atoms with Crippen molar-refractivity contribution in [3.63, 3.8) is 0 Å². The Labute approximate surface area is 152 Å². The summed E-state index contributed by atoms with van der Waals surface area (Å²) in [6.45, 7) is 2.72. The van der Waals surface area contributed by atoms with Gasteiger partial charge in [-0.1, -0.05) is 18.2 Å². The first-order valence-corrected chi connectivity index (χ1v) is 8.52. The molecule has 26 heavy (non-hydrogen) atoms. The van der Waals surface area contributed by atoms with Crippen LogP contribution >= 0.6 is 0 Å². The van der Waals surface area contributed by atoms with Gasteiger partial charge in [-0.05, 0) is 25.1 Å². The molecule has 0 saturated carbocycles. The fourth-order valence-electron chi connectivity index (χ4n) is 2.84. The van der Waals surface area contributed by atoms with Crippen molar-refractivity contribution in [2.75, 3.05) is 19.8 Å². The molecule has 1 amide bonds. The second-order valence-corrected chi connectivity index (χ2v) is 5.79. The number of nitrogens with zero attached hydrogens (tertiary/aromatic N) is 1. The van der Waals surface area contributed by atoms with E-state index in [0.717, 1.165) is 11.3 Å². The second-order valence-electron chi connectivity index (χ2n) is 5.79. The molecule has 0 radical (unpaired) electrons. The number of benzene rings is 2. The third-order valence-corrected chi connectivity index (χ3v) is 4.03. The monoisotopic (exact) mass is 352 g/mol. The van der Waals surface area contributed by atoms with Gasteiger partial charge in [0, 0.05) is 18.1 Å². The molecule has 2 aromatic rings. The maximum absolute atomic E-state index is 12.3. The Morgan fingerprint density at radius 1 is 1.27 bits per heavy atom. The third-order valence-electron chi connectivity index (χ3n) is 4.03. The number of fused-ring (bicyclic) bond motifs is 1. The summed E-state index contributed by atoms with van der Waals surface area (Å²) >= 11 is 0. The molecule has 0 saturated heterocycles. The van der Waals surface area contributed by atoms with Gasteiger partial charge in [-0.25, -0.2) is 0 Å². The first kappa shape index (κ1) is 17.6. The predicted molar refractivity (Wildman–Crippen MR) is 95.3 cm³/mol. The summed E-state index contributed by atoms with van der Waals surface area (Å²) in [6, 6.07) is 14.5. The number of hydrogen-bond donors (Lipinski definition) is 1. The average Bonchev–Trinajstić information content (AvgIpc) is 2.67. The highest BCUT2D eigenvalue weighted by molar-refractivity contribution is 5.78. The van der Waals surface area contributed by atoms with Crippen molar-refractivity contribution < 1.29 is 19.0 Å². The molecule has 1 atom stereocenters.